The number of nitrogens with one attached hydrogen (secondary N) is 1. The average Bonchev–Trinajstić information content (AvgIpc) is 2.52. The molecule has 0 fully saturated rings. The van der Waals surface area contributed by atoms with Crippen LogP contribution in [0.25, 0.3) is 0 Å². The summed E-state index contributed by atoms with van der Waals surface area (Å²) in [6.07, 6.45) is 2.28. The van der Waals surface area contributed by atoms with E-state index in [1.165, 1.54) is 0 Å². The lowest BCUT2D eigenvalue weighted by Crippen LogP contribution is -2.27. The molecule has 0 spiro atoms. The van der Waals surface area contributed by atoms with Crippen LogP contribution in [0.2, 0.25) is 0 Å². The second-order valence-corrected chi connectivity index (χ2v) is 5.62. The van der Waals surface area contributed by atoms with Crippen LogP contribution in [0.1, 0.15) is 17.7 Å². The number of nitrogens with zero attached hydrogens (tertiary/aromatic N) is 2. The Morgan fingerprint density at radius 3 is 2.75 bits per heavy atom. The number of hydrogen-bond acceptors (Lipinski definition) is 4. The first kappa shape index (κ1) is 13.1. The van der Waals surface area contributed by atoms with E-state index in [-0.39, 0.29) is 12.3 Å². The molecule has 16 heavy (non-hydrogen) atoms. The molecule has 0 aliphatic carbocycles. The molecule has 0 saturated heterocycles. The highest BCUT2D eigenvalue weighted by atomic mass is 32.2. The van der Waals surface area contributed by atoms with Crippen LogP contribution in [0.15, 0.2) is 6.20 Å². The van der Waals surface area contributed by atoms with Crippen LogP contribution >= 0.6 is 0 Å². The lowest BCUT2D eigenvalue weighted by molar-refractivity contribution is 0.578. The van der Waals surface area contributed by atoms with Gasteiger partial charge in [0.15, 0.2) is 0 Å². The largest absolute Gasteiger partial charge is 0.330 e. The summed E-state index contributed by atoms with van der Waals surface area (Å²) in [7, 11) is -1.41. The molecule has 0 atom stereocenters. The van der Waals surface area contributed by atoms with Gasteiger partial charge in [0.05, 0.1) is 11.4 Å². The van der Waals surface area contributed by atoms with Crippen molar-refractivity contribution in [2.24, 2.45) is 12.8 Å². The van der Waals surface area contributed by atoms with Crippen LogP contribution in [0.3, 0.4) is 0 Å². The summed E-state index contributed by atoms with van der Waals surface area (Å²) < 4.78 is 27.2. The molecule has 0 saturated carbocycles. The topological polar surface area (TPSA) is 90.0 Å². The van der Waals surface area contributed by atoms with Gasteiger partial charge in [0.2, 0.25) is 10.0 Å². The summed E-state index contributed by atoms with van der Waals surface area (Å²) in [5.41, 5.74) is 6.99. The van der Waals surface area contributed by atoms with Gasteiger partial charge in [0.1, 0.15) is 0 Å². The summed E-state index contributed by atoms with van der Waals surface area (Å²) in [6, 6.07) is 0. The molecule has 0 radical (unpaired) electrons. The SMILES string of the molecule is Cc1nn(C)cc1CNS(=O)(=O)CCCN. The fourth-order valence-corrected chi connectivity index (χ4v) is 2.42. The van der Waals surface area contributed by atoms with Crippen molar-refractivity contribution in [2.75, 3.05) is 12.3 Å². The smallest absolute Gasteiger partial charge is 0.211 e. The summed E-state index contributed by atoms with van der Waals surface area (Å²) in [6.45, 7) is 2.52. The third kappa shape index (κ3) is 3.92. The maximum absolute atomic E-state index is 11.5. The highest BCUT2D eigenvalue weighted by molar-refractivity contribution is 7.89. The summed E-state index contributed by atoms with van der Waals surface area (Å²) in [5, 5.41) is 4.14. The Morgan fingerprint density at radius 1 is 1.56 bits per heavy atom. The molecule has 3 N–H and O–H groups in total. The van der Waals surface area contributed by atoms with E-state index in [1.54, 1.807) is 17.9 Å². The third-order valence-electron chi connectivity index (χ3n) is 2.21. The van der Waals surface area contributed by atoms with Gasteiger partial charge in [-0.2, -0.15) is 5.10 Å². The molecule has 1 rings (SSSR count). The van der Waals surface area contributed by atoms with Crippen LogP contribution in [0.4, 0.5) is 0 Å². The molecule has 0 unspecified atom stereocenters. The van der Waals surface area contributed by atoms with Crippen molar-refractivity contribution in [3.05, 3.63) is 17.5 Å². The van der Waals surface area contributed by atoms with Crippen molar-refractivity contribution in [1.82, 2.24) is 14.5 Å². The van der Waals surface area contributed by atoms with Gasteiger partial charge in [0, 0.05) is 25.4 Å². The minimum absolute atomic E-state index is 0.0722. The fourth-order valence-electron chi connectivity index (χ4n) is 1.36. The Balaban J connectivity index is 2.54. The first-order chi connectivity index (χ1) is 7.44. The molecule has 6 nitrogen and oxygen atoms in total. The van der Waals surface area contributed by atoms with Crippen LogP contribution in [-0.4, -0.2) is 30.5 Å². The second kappa shape index (κ2) is 5.42. The predicted molar refractivity (Wildman–Crippen MR) is 62.2 cm³/mol. The van der Waals surface area contributed by atoms with Gasteiger partial charge in [-0.1, -0.05) is 0 Å². The summed E-state index contributed by atoms with van der Waals surface area (Å²) in [5.74, 6) is 0.0722. The first-order valence-electron chi connectivity index (χ1n) is 5.11. The van der Waals surface area contributed by atoms with E-state index in [4.69, 9.17) is 5.73 Å². The highest BCUT2D eigenvalue weighted by Gasteiger charge is 2.11. The minimum Gasteiger partial charge on any atom is -0.330 e. The van der Waals surface area contributed by atoms with E-state index in [1.807, 2.05) is 6.92 Å². The zero-order chi connectivity index (χ0) is 12.2. The highest BCUT2D eigenvalue weighted by Crippen LogP contribution is 2.04. The van der Waals surface area contributed by atoms with Crippen molar-refractivity contribution in [3.8, 4) is 0 Å². The Kier molecular flexibility index (Phi) is 4.45. The first-order valence-corrected chi connectivity index (χ1v) is 6.76. The van der Waals surface area contributed by atoms with Crippen LogP contribution in [0, 0.1) is 6.92 Å². The number of rotatable bonds is 6. The molecule has 92 valence electrons. The van der Waals surface area contributed by atoms with Crippen molar-refractivity contribution in [2.45, 2.75) is 19.9 Å². The monoisotopic (exact) mass is 246 g/mol. The van der Waals surface area contributed by atoms with Crippen molar-refractivity contribution >= 4 is 10.0 Å². The van der Waals surface area contributed by atoms with Crippen LogP contribution < -0.4 is 10.5 Å². The van der Waals surface area contributed by atoms with E-state index in [2.05, 4.69) is 9.82 Å². The molecule has 7 heteroatoms. The molecular formula is C9H18N4O2S. The van der Waals surface area contributed by atoms with E-state index in [9.17, 15) is 8.42 Å². The predicted octanol–water partition coefficient (Wildman–Crippen LogP) is -0.503. The molecule has 0 bridgehead atoms. The number of sulfonamides is 1. The number of nitrogens with two attached hydrogens (primary N) is 1. The molecule has 1 aromatic rings. The molecule has 0 aliphatic heterocycles. The summed E-state index contributed by atoms with van der Waals surface area (Å²) >= 11 is 0. The van der Waals surface area contributed by atoms with E-state index in [0.29, 0.717) is 13.0 Å². The summed E-state index contributed by atoms with van der Waals surface area (Å²) in [4.78, 5) is 0. The van der Waals surface area contributed by atoms with Gasteiger partial charge in [-0.05, 0) is 19.9 Å². The van der Waals surface area contributed by atoms with Gasteiger partial charge in [-0.3, -0.25) is 4.68 Å². The van der Waals surface area contributed by atoms with E-state index >= 15 is 0 Å². The Bertz CT molecular complexity index is 438. The van der Waals surface area contributed by atoms with Gasteiger partial charge < -0.3 is 5.73 Å². The number of hydrogen-bond donors (Lipinski definition) is 2. The average molecular weight is 246 g/mol. The maximum Gasteiger partial charge on any atom is 0.211 e. The molecule has 1 aromatic heterocycles. The quantitative estimate of drug-likeness (QED) is 0.708. The van der Waals surface area contributed by atoms with Crippen molar-refractivity contribution in [1.29, 1.82) is 0 Å². The zero-order valence-electron chi connectivity index (χ0n) is 9.60. The molecule has 1 heterocycles. The molecular weight excluding hydrogens is 228 g/mol. The van der Waals surface area contributed by atoms with Gasteiger partial charge in [0.25, 0.3) is 0 Å². The lowest BCUT2D eigenvalue weighted by Gasteiger charge is -2.04. The van der Waals surface area contributed by atoms with E-state index in [0.717, 1.165) is 11.3 Å². The zero-order valence-corrected chi connectivity index (χ0v) is 10.4. The normalized spacial score (nSPS) is 11.9. The standard InChI is InChI=1S/C9H18N4O2S/c1-8-9(7-13(2)12-8)6-11-16(14,15)5-3-4-10/h7,11H,3-6,10H2,1-2H3. The Morgan fingerprint density at radius 2 is 2.25 bits per heavy atom. The Labute approximate surface area is 95.9 Å². The number of aryl methyl sites for hydroxylation is 2. The fraction of sp³-hybridized carbons (Fsp3) is 0.667. The lowest BCUT2D eigenvalue weighted by atomic mass is 10.3. The van der Waals surface area contributed by atoms with Gasteiger partial charge >= 0.3 is 0 Å². The minimum atomic E-state index is -3.22. The Hall–Kier alpha value is -0.920. The van der Waals surface area contributed by atoms with Crippen molar-refractivity contribution < 1.29 is 8.42 Å². The van der Waals surface area contributed by atoms with Crippen LogP contribution in [-0.2, 0) is 23.6 Å². The molecule has 0 aliphatic rings. The van der Waals surface area contributed by atoms with Gasteiger partial charge in [-0.25, -0.2) is 13.1 Å². The third-order valence-corrected chi connectivity index (χ3v) is 3.63. The van der Waals surface area contributed by atoms with Crippen molar-refractivity contribution in [3.63, 3.8) is 0 Å². The maximum atomic E-state index is 11.5. The van der Waals surface area contributed by atoms with E-state index < -0.39 is 10.0 Å². The van der Waals surface area contributed by atoms with Crippen LogP contribution in [0.5, 0.6) is 0 Å². The molecule has 0 amide bonds. The number of aromatic nitrogens is 2. The van der Waals surface area contributed by atoms with Gasteiger partial charge in [-0.15, -0.1) is 0 Å². The second-order valence-electron chi connectivity index (χ2n) is 3.70. The molecule has 0 aromatic carbocycles.